The Hall–Kier alpha value is -2.23. The summed E-state index contributed by atoms with van der Waals surface area (Å²) >= 11 is 0. The molecule has 26 heavy (non-hydrogen) atoms. The number of sulfonamides is 1. The third-order valence-corrected chi connectivity index (χ3v) is 6.58. The summed E-state index contributed by atoms with van der Waals surface area (Å²) in [5.41, 5.74) is 1.64. The molecule has 0 unspecified atom stereocenters. The van der Waals surface area contributed by atoms with Gasteiger partial charge in [0.1, 0.15) is 4.90 Å². The lowest BCUT2D eigenvalue weighted by Gasteiger charge is -2.33. The van der Waals surface area contributed by atoms with E-state index in [0.717, 1.165) is 5.69 Å². The molecule has 1 aliphatic rings. The molecule has 0 bridgehead atoms. The van der Waals surface area contributed by atoms with Crippen LogP contribution in [0.5, 0.6) is 0 Å². The van der Waals surface area contributed by atoms with E-state index in [1.807, 2.05) is 30.3 Å². The van der Waals surface area contributed by atoms with Crippen LogP contribution in [-0.4, -0.2) is 59.4 Å². The standard InChI is InChI=1S/C17H21N3O5S/c1-12-17(13(2)20(18-12)14-6-4-3-5-7-14)26(23,24)19-8-9-25-11-15(19)10-16(21)22/h3-7,15H,8-11H2,1-2H3,(H,21,22)/t15-/m0/s1. The smallest absolute Gasteiger partial charge is 0.305 e. The third-order valence-electron chi connectivity index (χ3n) is 4.38. The highest BCUT2D eigenvalue weighted by Gasteiger charge is 2.38. The molecule has 2 heterocycles. The van der Waals surface area contributed by atoms with E-state index in [0.29, 0.717) is 11.4 Å². The highest BCUT2D eigenvalue weighted by molar-refractivity contribution is 7.89. The first-order valence-corrected chi connectivity index (χ1v) is 9.69. The van der Waals surface area contributed by atoms with Crippen molar-refractivity contribution in [1.82, 2.24) is 14.1 Å². The number of rotatable bonds is 5. The molecule has 1 fully saturated rings. The molecular formula is C17H21N3O5S. The van der Waals surface area contributed by atoms with Crippen LogP contribution in [0.1, 0.15) is 17.8 Å². The van der Waals surface area contributed by atoms with Crippen molar-refractivity contribution in [3.8, 4) is 5.69 Å². The molecule has 140 valence electrons. The lowest BCUT2D eigenvalue weighted by atomic mass is 10.2. The Labute approximate surface area is 152 Å². The van der Waals surface area contributed by atoms with E-state index in [-0.39, 0.29) is 31.1 Å². The molecular weight excluding hydrogens is 358 g/mol. The van der Waals surface area contributed by atoms with Gasteiger partial charge in [0.05, 0.1) is 42.8 Å². The van der Waals surface area contributed by atoms with Gasteiger partial charge in [-0.05, 0) is 26.0 Å². The van der Waals surface area contributed by atoms with E-state index < -0.39 is 22.0 Å². The van der Waals surface area contributed by atoms with Crippen LogP contribution >= 0.6 is 0 Å². The zero-order valence-electron chi connectivity index (χ0n) is 14.6. The summed E-state index contributed by atoms with van der Waals surface area (Å²) in [6.45, 7) is 3.77. The number of carbonyl (C=O) groups is 1. The number of nitrogens with zero attached hydrogens (tertiary/aromatic N) is 3. The normalized spacial score (nSPS) is 18.8. The molecule has 1 aromatic carbocycles. The Morgan fingerprint density at radius 3 is 2.65 bits per heavy atom. The number of para-hydroxylation sites is 1. The van der Waals surface area contributed by atoms with Crippen molar-refractivity contribution in [3.63, 3.8) is 0 Å². The van der Waals surface area contributed by atoms with Crippen LogP contribution in [0.2, 0.25) is 0 Å². The summed E-state index contributed by atoms with van der Waals surface area (Å²) in [6.07, 6.45) is -0.301. The van der Waals surface area contributed by atoms with E-state index in [9.17, 15) is 13.2 Å². The fourth-order valence-corrected chi connectivity index (χ4v) is 5.21. The molecule has 0 aliphatic carbocycles. The van der Waals surface area contributed by atoms with Crippen molar-refractivity contribution in [1.29, 1.82) is 0 Å². The lowest BCUT2D eigenvalue weighted by Crippen LogP contribution is -2.49. The number of aromatic nitrogens is 2. The molecule has 1 N–H and O–H groups in total. The molecule has 0 saturated carbocycles. The number of aryl methyl sites for hydroxylation is 1. The van der Waals surface area contributed by atoms with Crippen molar-refractivity contribution < 1.29 is 23.1 Å². The van der Waals surface area contributed by atoms with Crippen molar-refractivity contribution in [3.05, 3.63) is 41.7 Å². The number of morpholine rings is 1. The Morgan fingerprint density at radius 1 is 1.31 bits per heavy atom. The van der Waals surface area contributed by atoms with Crippen LogP contribution in [-0.2, 0) is 19.6 Å². The molecule has 9 heteroatoms. The minimum atomic E-state index is -3.90. The average Bonchev–Trinajstić information content (AvgIpc) is 2.90. The predicted molar refractivity (Wildman–Crippen MR) is 93.8 cm³/mol. The molecule has 0 radical (unpaired) electrons. The van der Waals surface area contributed by atoms with Crippen LogP contribution < -0.4 is 0 Å². The van der Waals surface area contributed by atoms with Gasteiger partial charge in [-0.2, -0.15) is 9.40 Å². The predicted octanol–water partition coefficient (Wildman–Crippen LogP) is 1.35. The summed E-state index contributed by atoms with van der Waals surface area (Å²) in [6, 6.07) is 8.53. The molecule has 1 saturated heterocycles. The highest BCUT2D eigenvalue weighted by atomic mass is 32.2. The molecule has 3 rings (SSSR count). The number of carboxylic acid groups (broad SMARTS) is 1. The van der Waals surface area contributed by atoms with Gasteiger partial charge in [-0.1, -0.05) is 18.2 Å². The number of benzene rings is 1. The fraction of sp³-hybridized carbons (Fsp3) is 0.412. The molecule has 1 aromatic heterocycles. The van der Waals surface area contributed by atoms with E-state index in [1.54, 1.807) is 18.5 Å². The van der Waals surface area contributed by atoms with Crippen molar-refractivity contribution in [2.24, 2.45) is 0 Å². The van der Waals surface area contributed by atoms with E-state index in [2.05, 4.69) is 5.10 Å². The average molecular weight is 379 g/mol. The second kappa shape index (κ2) is 7.18. The Bertz CT molecular complexity index is 908. The molecule has 1 atom stereocenters. The SMILES string of the molecule is Cc1nn(-c2ccccc2)c(C)c1S(=O)(=O)N1CCOC[C@@H]1CC(=O)O. The molecule has 1 aliphatic heterocycles. The van der Waals surface area contributed by atoms with Crippen LogP contribution in [0.15, 0.2) is 35.2 Å². The first-order chi connectivity index (χ1) is 12.3. The first kappa shape index (κ1) is 18.6. The van der Waals surface area contributed by atoms with Gasteiger partial charge in [-0.15, -0.1) is 0 Å². The number of hydrogen-bond donors (Lipinski definition) is 1. The number of aliphatic carboxylic acids is 1. The Morgan fingerprint density at radius 2 is 2.00 bits per heavy atom. The monoisotopic (exact) mass is 379 g/mol. The largest absolute Gasteiger partial charge is 0.481 e. The second-order valence-corrected chi connectivity index (χ2v) is 8.02. The molecule has 0 amide bonds. The molecule has 0 spiro atoms. The van der Waals surface area contributed by atoms with E-state index in [1.165, 1.54) is 4.31 Å². The van der Waals surface area contributed by atoms with Gasteiger partial charge in [-0.25, -0.2) is 13.1 Å². The van der Waals surface area contributed by atoms with Gasteiger partial charge < -0.3 is 9.84 Å². The van der Waals surface area contributed by atoms with E-state index >= 15 is 0 Å². The quantitative estimate of drug-likeness (QED) is 0.841. The second-order valence-electron chi connectivity index (χ2n) is 6.19. The Kier molecular flexibility index (Phi) is 5.12. The minimum absolute atomic E-state index is 0.0659. The summed E-state index contributed by atoms with van der Waals surface area (Å²) in [5.74, 6) is -1.06. The number of hydrogen-bond acceptors (Lipinski definition) is 5. The Balaban J connectivity index is 2.04. The van der Waals surface area contributed by atoms with Crippen LogP contribution in [0.3, 0.4) is 0 Å². The zero-order chi connectivity index (χ0) is 18.9. The number of carboxylic acids is 1. The lowest BCUT2D eigenvalue weighted by molar-refractivity contribution is -0.139. The van der Waals surface area contributed by atoms with Gasteiger partial charge in [-0.3, -0.25) is 4.79 Å². The molecule has 2 aromatic rings. The van der Waals surface area contributed by atoms with Gasteiger partial charge in [0.2, 0.25) is 10.0 Å². The fourth-order valence-electron chi connectivity index (χ4n) is 3.26. The van der Waals surface area contributed by atoms with Gasteiger partial charge in [0.25, 0.3) is 0 Å². The summed E-state index contributed by atoms with van der Waals surface area (Å²) in [5, 5.41) is 13.5. The minimum Gasteiger partial charge on any atom is -0.481 e. The first-order valence-electron chi connectivity index (χ1n) is 8.25. The molecule has 8 nitrogen and oxygen atoms in total. The van der Waals surface area contributed by atoms with Crippen molar-refractivity contribution >= 4 is 16.0 Å². The van der Waals surface area contributed by atoms with Crippen molar-refractivity contribution in [2.75, 3.05) is 19.8 Å². The zero-order valence-corrected chi connectivity index (χ0v) is 15.4. The van der Waals surface area contributed by atoms with Crippen LogP contribution in [0, 0.1) is 13.8 Å². The van der Waals surface area contributed by atoms with Gasteiger partial charge in [0.15, 0.2) is 0 Å². The van der Waals surface area contributed by atoms with Crippen molar-refractivity contribution in [2.45, 2.75) is 31.2 Å². The highest BCUT2D eigenvalue weighted by Crippen LogP contribution is 2.28. The van der Waals surface area contributed by atoms with Gasteiger partial charge in [0, 0.05) is 6.54 Å². The summed E-state index contributed by atoms with van der Waals surface area (Å²) < 4.78 is 34.7. The van der Waals surface area contributed by atoms with Crippen LogP contribution in [0.25, 0.3) is 5.69 Å². The maximum absolute atomic E-state index is 13.3. The topological polar surface area (TPSA) is 102 Å². The maximum Gasteiger partial charge on any atom is 0.305 e. The summed E-state index contributed by atoms with van der Waals surface area (Å²) in [4.78, 5) is 11.2. The van der Waals surface area contributed by atoms with Gasteiger partial charge >= 0.3 is 5.97 Å². The number of ether oxygens (including phenoxy) is 1. The third kappa shape index (κ3) is 3.37. The summed E-state index contributed by atoms with van der Waals surface area (Å²) in [7, 11) is -3.90. The maximum atomic E-state index is 13.3. The van der Waals surface area contributed by atoms with E-state index in [4.69, 9.17) is 9.84 Å². The van der Waals surface area contributed by atoms with Crippen LogP contribution in [0.4, 0.5) is 0 Å².